The fraction of sp³-hybridized carbons (Fsp3) is 0.632. The molecule has 0 saturated carbocycles. The van der Waals surface area contributed by atoms with Crippen LogP contribution < -0.4 is 14.8 Å². The van der Waals surface area contributed by atoms with Gasteiger partial charge in [-0.3, -0.25) is 0 Å². The van der Waals surface area contributed by atoms with E-state index in [9.17, 15) is 4.79 Å². The molecule has 1 aliphatic rings. The van der Waals surface area contributed by atoms with Crippen LogP contribution in [0.25, 0.3) is 0 Å². The van der Waals surface area contributed by atoms with Crippen LogP contribution in [0.4, 0.5) is 10.5 Å². The maximum absolute atomic E-state index is 12.3. The van der Waals surface area contributed by atoms with Crippen molar-refractivity contribution in [3.05, 3.63) is 18.2 Å². The predicted molar refractivity (Wildman–Crippen MR) is 98.6 cm³/mol. The molecule has 1 amide bonds. The van der Waals surface area contributed by atoms with E-state index in [4.69, 9.17) is 14.2 Å². The number of methoxy groups -OCH3 is 2. The maximum Gasteiger partial charge on any atom is 0.410 e. The van der Waals surface area contributed by atoms with E-state index in [1.807, 2.05) is 43.9 Å². The molecule has 1 aromatic carbocycles. The summed E-state index contributed by atoms with van der Waals surface area (Å²) in [5.74, 6) is 1.89. The topological polar surface area (TPSA) is 60.0 Å². The summed E-state index contributed by atoms with van der Waals surface area (Å²) in [6.07, 6.45) is 1.86. The van der Waals surface area contributed by atoms with Gasteiger partial charge in [0.1, 0.15) is 17.1 Å². The number of hydrogen-bond acceptors (Lipinski definition) is 5. The van der Waals surface area contributed by atoms with Gasteiger partial charge in [-0.15, -0.1) is 0 Å². The Bertz CT molecular complexity index is 583. The molecular weight excluding hydrogens is 320 g/mol. The summed E-state index contributed by atoms with van der Waals surface area (Å²) in [6, 6.07) is 5.71. The first-order valence-corrected chi connectivity index (χ1v) is 8.76. The summed E-state index contributed by atoms with van der Waals surface area (Å²) < 4.78 is 16.1. The van der Waals surface area contributed by atoms with Crippen molar-refractivity contribution in [3.63, 3.8) is 0 Å². The normalized spacial score (nSPS) is 17.8. The van der Waals surface area contributed by atoms with Gasteiger partial charge in [-0.05, 0) is 51.7 Å². The lowest BCUT2D eigenvalue weighted by Gasteiger charge is -2.34. The Morgan fingerprint density at radius 1 is 1.28 bits per heavy atom. The number of likely N-dealkylation sites (tertiary alicyclic amines) is 1. The van der Waals surface area contributed by atoms with Gasteiger partial charge < -0.3 is 24.4 Å². The van der Waals surface area contributed by atoms with E-state index in [1.54, 1.807) is 14.2 Å². The van der Waals surface area contributed by atoms with Crippen molar-refractivity contribution in [3.8, 4) is 11.5 Å². The summed E-state index contributed by atoms with van der Waals surface area (Å²) >= 11 is 0. The quantitative estimate of drug-likeness (QED) is 0.876. The lowest BCUT2D eigenvalue weighted by Crippen LogP contribution is -2.44. The van der Waals surface area contributed by atoms with Gasteiger partial charge in [0.25, 0.3) is 0 Å². The van der Waals surface area contributed by atoms with Gasteiger partial charge >= 0.3 is 6.09 Å². The fourth-order valence-corrected chi connectivity index (χ4v) is 2.92. The predicted octanol–water partition coefficient (Wildman–Crippen LogP) is 3.76. The number of carbonyl (C=O) groups excluding carboxylic acids is 1. The molecule has 6 heteroatoms. The Balaban J connectivity index is 1.92. The number of nitrogens with zero attached hydrogens (tertiary/aromatic N) is 1. The van der Waals surface area contributed by atoms with Crippen LogP contribution in [-0.2, 0) is 4.74 Å². The zero-order chi connectivity index (χ0) is 18.4. The molecule has 140 valence electrons. The Kier molecular flexibility index (Phi) is 6.39. The van der Waals surface area contributed by atoms with E-state index in [0.29, 0.717) is 12.5 Å². The number of amides is 1. The first-order valence-electron chi connectivity index (χ1n) is 8.76. The van der Waals surface area contributed by atoms with E-state index < -0.39 is 5.60 Å². The van der Waals surface area contributed by atoms with E-state index in [2.05, 4.69) is 5.32 Å². The summed E-state index contributed by atoms with van der Waals surface area (Å²) in [4.78, 5) is 14.1. The standard InChI is InChI=1S/C19H30N2O4/c1-19(2,3)25-18(22)21-10-6-7-14(13-21)12-20-16-9-8-15(23-4)11-17(16)24-5/h8-9,11,14,20H,6-7,10,12-13H2,1-5H3. The second-order valence-electron chi connectivity index (χ2n) is 7.38. The van der Waals surface area contributed by atoms with E-state index in [0.717, 1.165) is 43.1 Å². The highest BCUT2D eigenvalue weighted by Crippen LogP contribution is 2.29. The van der Waals surface area contributed by atoms with Crippen LogP contribution >= 0.6 is 0 Å². The smallest absolute Gasteiger partial charge is 0.410 e. The molecule has 6 nitrogen and oxygen atoms in total. The molecule has 1 unspecified atom stereocenters. The number of anilines is 1. The zero-order valence-electron chi connectivity index (χ0n) is 15.9. The number of piperidine rings is 1. The van der Waals surface area contributed by atoms with Crippen LogP contribution in [0.2, 0.25) is 0 Å². The van der Waals surface area contributed by atoms with Crippen LogP contribution in [-0.4, -0.2) is 50.4 Å². The van der Waals surface area contributed by atoms with Crippen molar-refractivity contribution in [2.24, 2.45) is 5.92 Å². The van der Waals surface area contributed by atoms with E-state index >= 15 is 0 Å². The molecule has 1 saturated heterocycles. The Hall–Kier alpha value is -2.11. The van der Waals surface area contributed by atoms with Gasteiger partial charge in [0.15, 0.2) is 0 Å². The lowest BCUT2D eigenvalue weighted by molar-refractivity contribution is 0.0172. The molecule has 1 aromatic rings. The summed E-state index contributed by atoms with van der Waals surface area (Å²) in [5, 5.41) is 3.43. The highest BCUT2D eigenvalue weighted by atomic mass is 16.6. The molecule has 0 aliphatic carbocycles. The number of nitrogens with one attached hydrogen (secondary N) is 1. The van der Waals surface area contributed by atoms with Crippen molar-refractivity contribution < 1.29 is 19.0 Å². The van der Waals surface area contributed by atoms with Gasteiger partial charge in [-0.25, -0.2) is 4.79 Å². The van der Waals surface area contributed by atoms with Crippen LogP contribution in [0.3, 0.4) is 0 Å². The number of benzene rings is 1. The Morgan fingerprint density at radius 3 is 2.68 bits per heavy atom. The molecule has 0 radical (unpaired) electrons. The third-order valence-electron chi connectivity index (χ3n) is 4.16. The highest BCUT2D eigenvalue weighted by Gasteiger charge is 2.27. The number of hydrogen-bond donors (Lipinski definition) is 1. The largest absolute Gasteiger partial charge is 0.497 e. The molecule has 2 rings (SSSR count). The van der Waals surface area contributed by atoms with Crippen molar-refractivity contribution >= 4 is 11.8 Å². The van der Waals surface area contributed by atoms with Crippen LogP contribution in [0, 0.1) is 5.92 Å². The number of rotatable bonds is 5. The van der Waals surface area contributed by atoms with Crippen LogP contribution in [0.15, 0.2) is 18.2 Å². The molecule has 0 aromatic heterocycles. The first kappa shape index (κ1) is 19.2. The van der Waals surface area contributed by atoms with Crippen molar-refractivity contribution in [2.75, 3.05) is 39.2 Å². The molecule has 1 heterocycles. The van der Waals surface area contributed by atoms with E-state index in [1.165, 1.54) is 0 Å². The van der Waals surface area contributed by atoms with Crippen molar-refractivity contribution in [2.45, 2.75) is 39.2 Å². The van der Waals surface area contributed by atoms with E-state index in [-0.39, 0.29) is 6.09 Å². The minimum absolute atomic E-state index is 0.223. The molecule has 0 bridgehead atoms. The fourth-order valence-electron chi connectivity index (χ4n) is 2.92. The van der Waals surface area contributed by atoms with Gasteiger partial charge in [-0.2, -0.15) is 0 Å². The molecule has 1 N–H and O–H groups in total. The van der Waals surface area contributed by atoms with Crippen molar-refractivity contribution in [1.82, 2.24) is 4.90 Å². The lowest BCUT2D eigenvalue weighted by atomic mass is 9.98. The average molecular weight is 350 g/mol. The van der Waals surface area contributed by atoms with Crippen LogP contribution in [0.1, 0.15) is 33.6 Å². The first-order chi connectivity index (χ1) is 11.8. The molecule has 0 spiro atoms. The summed E-state index contributed by atoms with van der Waals surface area (Å²) in [5.41, 5.74) is 0.469. The SMILES string of the molecule is COc1ccc(NCC2CCCN(C(=O)OC(C)(C)C)C2)c(OC)c1. The molecule has 1 atom stereocenters. The summed E-state index contributed by atoms with van der Waals surface area (Å²) in [6.45, 7) is 7.93. The average Bonchev–Trinajstić information content (AvgIpc) is 2.58. The molecular formula is C19H30N2O4. The Morgan fingerprint density at radius 2 is 2.04 bits per heavy atom. The molecule has 1 aliphatic heterocycles. The zero-order valence-corrected chi connectivity index (χ0v) is 15.9. The van der Waals surface area contributed by atoms with Crippen LogP contribution in [0.5, 0.6) is 11.5 Å². The minimum Gasteiger partial charge on any atom is -0.497 e. The third kappa shape index (κ3) is 5.73. The second-order valence-corrected chi connectivity index (χ2v) is 7.38. The van der Waals surface area contributed by atoms with Gasteiger partial charge in [0.05, 0.1) is 19.9 Å². The van der Waals surface area contributed by atoms with Crippen molar-refractivity contribution in [1.29, 1.82) is 0 Å². The summed E-state index contributed by atoms with van der Waals surface area (Å²) in [7, 11) is 3.28. The molecule has 25 heavy (non-hydrogen) atoms. The minimum atomic E-state index is -0.460. The maximum atomic E-state index is 12.3. The van der Waals surface area contributed by atoms with Gasteiger partial charge in [0, 0.05) is 25.7 Å². The van der Waals surface area contributed by atoms with Gasteiger partial charge in [-0.1, -0.05) is 0 Å². The monoisotopic (exact) mass is 350 g/mol. The third-order valence-corrected chi connectivity index (χ3v) is 4.16. The Labute approximate surface area is 150 Å². The van der Waals surface area contributed by atoms with Gasteiger partial charge in [0.2, 0.25) is 0 Å². The number of carbonyl (C=O) groups is 1. The molecule has 1 fully saturated rings. The highest BCUT2D eigenvalue weighted by molar-refractivity contribution is 5.68. The second kappa shape index (κ2) is 8.32. The number of ether oxygens (including phenoxy) is 3.